The zero-order valence-corrected chi connectivity index (χ0v) is 11.1. The van der Waals surface area contributed by atoms with E-state index >= 15 is 0 Å². The molecule has 1 nitrogen and oxygen atoms in total. The molecule has 0 radical (unpaired) electrons. The molecule has 0 aromatic heterocycles. The molecular weight excluding hydrogens is 270 g/mol. The van der Waals surface area contributed by atoms with Gasteiger partial charge in [-0.1, -0.05) is 29.8 Å². The van der Waals surface area contributed by atoms with Gasteiger partial charge in [0.05, 0.1) is 11.1 Å². The minimum atomic E-state index is -0.923. The van der Waals surface area contributed by atoms with Gasteiger partial charge in [-0.3, -0.25) is 0 Å². The van der Waals surface area contributed by atoms with E-state index in [1.165, 1.54) is 24.3 Å². The number of rotatable bonds is 3. The highest BCUT2D eigenvalue weighted by Crippen LogP contribution is 2.26. The average molecular weight is 283 g/mol. The van der Waals surface area contributed by atoms with Crippen molar-refractivity contribution in [2.45, 2.75) is 19.4 Å². The molecule has 0 fully saturated rings. The summed E-state index contributed by atoms with van der Waals surface area (Å²) in [5.74, 6) is -0.929. The number of benzene rings is 2. The van der Waals surface area contributed by atoms with Crippen molar-refractivity contribution in [3.8, 4) is 0 Å². The summed E-state index contributed by atoms with van der Waals surface area (Å²) in [5.41, 5.74) is 1.67. The second-order valence-electron chi connectivity index (χ2n) is 4.49. The lowest BCUT2D eigenvalue weighted by Crippen LogP contribution is -2.04. The van der Waals surface area contributed by atoms with Crippen LogP contribution in [-0.2, 0) is 6.42 Å². The first-order valence-electron chi connectivity index (χ1n) is 5.85. The van der Waals surface area contributed by atoms with Crippen LogP contribution in [0.5, 0.6) is 0 Å². The molecule has 0 saturated heterocycles. The summed E-state index contributed by atoms with van der Waals surface area (Å²) in [4.78, 5) is 0. The van der Waals surface area contributed by atoms with Gasteiger partial charge in [-0.15, -0.1) is 0 Å². The maximum absolute atomic E-state index is 13.3. The molecule has 4 heteroatoms. The van der Waals surface area contributed by atoms with Gasteiger partial charge in [-0.2, -0.15) is 0 Å². The Balaban J connectivity index is 2.25. The van der Waals surface area contributed by atoms with E-state index in [0.29, 0.717) is 11.1 Å². The molecule has 2 aromatic rings. The summed E-state index contributed by atoms with van der Waals surface area (Å²) in [5, 5.41) is 10.1. The van der Waals surface area contributed by atoms with Gasteiger partial charge in [0.15, 0.2) is 0 Å². The Morgan fingerprint density at radius 1 is 1.21 bits per heavy atom. The molecule has 0 aliphatic rings. The summed E-state index contributed by atoms with van der Waals surface area (Å²) < 4.78 is 26.6. The van der Waals surface area contributed by atoms with Crippen molar-refractivity contribution >= 4 is 11.6 Å². The molecule has 100 valence electrons. The van der Waals surface area contributed by atoms with Crippen LogP contribution in [0, 0.1) is 18.6 Å². The van der Waals surface area contributed by atoms with Gasteiger partial charge in [0, 0.05) is 6.42 Å². The van der Waals surface area contributed by atoms with Gasteiger partial charge >= 0.3 is 0 Å². The molecule has 1 unspecified atom stereocenters. The number of aliphatic hydroxyl groups excluding tert-OH is 1. The molecule has 19 heavy (non-hydrogen) atoms. The molecule has 0 saturated carbocycles. The van der Waals surface area contributed by atoms with Crippen LogP contribution in [-0.4, -0.2) is 5.11 Å². The van der Waals surface area contributed by atoms with Gasteiger partial charge in [-0.25, -0.2) is 8.78 Å². The molecule has 1 N–H and O–H groups in total. The van der Waals surface area contributed by atoms with E-state index in [-0.39, 0.29) is 11.4 Å². The third-order valence-electron chi connectivity index (χ3n) is 2.89. The molecule has 0 bridgehead atoms. The second kappa shape index (κ2) is 5.68. The van der Waals surface area contributed by atoms with Crippen LogP contribution in [0.2, 0.25) is 5.02 Å². The van der Waals surface area contributed by atoms with Crippen LogP contribution < -0.4 is 0 Å². The van der Waals surface area contributed by atoms with E-state index in [1.54, 1.807) is 19.1 Å². The van der Waals surface area contributed by atoms with Crippen LogP contribution in [0.4, 0.5) is 8.78 Å². The Morgan fingerprint density at radius 3 is 2.63 bits per heavy atom. The molecule has 1 atom stereocenters. The quantitative estimate of drug-likeness (QED) is 0.894. The lowest BCUT2D eigenvalue weighted by atomic mass is 10.00. The van der Waals surface area contributed by atoms with E-state index in [9.17, 15) is 13.9 Å². The summed E-state index contributed by atoms with van der Waals surface area (Å²) in [7, 11) is 0. The van der Waals surface area contributed by atoms with E-state index in [1.807, 2.05) is 0 Å². The number of hydrogen-bond acceptors (Lipinski definition) is 1. The average Bonchev–Trinajstić information content (AvgIpc) is 2.33. The first kappa shape index (κ1) is 14.0. The maximum atomic E-state index is 13.3. The first-order chi connectivity index (χ1) is 8.97. The van der Waals surface area contributed by atoms with Gasteiger partial charge in [0.1, 0.15) is 11.6 Å². The third-order valence-corrected chi connectivity index (χ3v) is 3.32. The van der Waals surface area contributed by atoms with Crippen LogP contribution in [0.3, 0.4) is 0 Å². The molecule has 0 spiro atoms. The Morgan fingerprint density at radius 2 is 1.95 bits per heavy atom. The lowest BCUT2D eigenvalue weighted by Gasteiger charge is -2.13. The third kappa shape index (κ3) is 3.31. The van der Waals surface area contributed by atoms with Crippen molar-refractivity contribution < 1.29 is 13.9 Å². The van der Waals surface area contributed by atoms with Crippen LogP contribution in [0.1, 0.15) is 22.8 Å². The molecule has 0 aliphatic carbocycles. The van der Waals surface area contributed by atoms with Gasteiger partial charge in [0.25, 0.3) is 0 Å². The molecule has 0 aliphatic heterocycles. The highest BCUT2D eigenvalue weighted by Gasteiger charge is 2.14. The minimum absolute atomic E-state index is 0.00493. The zero-order chi connectivity index (χ0) is 14.0. The predicted molar refractivity (Wildman–Crippen MR) is 71.2 cm³/mol. The Hall–Kier alpha value is -1.45. The monoisotopic (exact) mass is 282 g/mol. The fraction of sp³-hybridized carbons (Fsp3) is 0.200. The van der Waals surface area contributed by atoms with Gasteiger partial charge in [-0.05, 0) is 41.8 Å². The first-order valence-corrected chi connectivity index (χ1v) is 6.23. The van der Waals surface area contributed by atoms with E-state index in [2.05, 4.69) is 0 Å². The summed E-state index contributed by atoms with van der Waals surface area (Å²) in [6.45, 7) is 1.74. The van der Waals surface area contributed by atoms with E-state index in [0.717, 1.165) is 5.56 Å². The summed E-state index contributed by atoms with van der Waals surface area (Å²) in [6, 6.07) is 8.77. The van der Waals surface area contributed by atoms with Crippen molar-refractivity contribution in [1.82, 2.24) is 0 Å². The van der Waals surface area contributed by atoms with Crippen molar-refractivity contribution in [2.24, 2.45) is 0 Å². The zero-order valence-electron chi connectivity index (χ0n) is 10.3. The van der Waals surface area contributed by atoms with Crippen LogP contribution >= 0.6 is 11.6 Å². The lowest BCUT2D eigenvalue weighted by molar-refractivity contribution is 0.178. The Labute approximate surface area is 115 Å². The molecule has 0 amide bonds. The minimum Gasteiger partial charge on any atom is -0.388 e. The van der Waals surface area contributed by atoms with Crippen molar-refractivity contribution in [1.29, 1.82) is 0 Å². The summed E-state index contributed by atoms with van der Waals surface area (Å²) >= 11 is 5.83. The predicted octanol–water partition coefficient (Wildman–Crippen LogP) is 4.20. The standard InChI is InChI=1S/C15H13ClF2O/c1-9-5-11(7-12(17)6-9)14(19)8-10-3-2-4-13(18)15(10)16/h2-7,14,19H,8H2,1H3. The number of aliphatic hydroxyl groups is 1. The highest BCUT2D eigenvalue weighted by molar-refractivity contribution is 6.31. The molecule has 2 aromatic carbocycles. The number of hydrogen-bond donors (Lipinski definition) is 1. The Bertz CT molecular complexity index is 578. The smallest absolute Gasteiger partial charge is 0.142 e. The summed E-state index contributed by atoms with van der Waals surface area (Å²) in [6.07, 6.45) is -0.784. The molecular formula is C15H13ClF2O. The maximum Gasteiger partial charge on any atom is 0.142 e. The molecule has 0 heterocycles. The SMILES string of the molecule is Cc1cc(F)cc(C(O)Cc2cccc(F)c2Cl)c1. The van der Waals surface area contributed by atoms with Crippen LogP contribution in [0.25, 0.3) is 0 Å². The van der Waals surface area contributed by atoms with Gasteiger partial charge < -0.3 is 5.11 Å². The van der Waals surface area contributed by atoms with Crippen molar-refractivity contribution in [3.05, 3.63) is 69.7 Å². The normalized spacial score (nSPS) is 12.5. The van der Waals surface area contributed by atoms with Crippen LogP contribution in [0.15, 0.2) is 36.4 Å². The largest absolute Gasteiger partial charge is 0.388 e. The molecule has 2 rings (SSSR count). The second-order valence-corrected chi connectivity index (χ2v) is 4.87. The highest BCUT2D eigenvalue weighted by atomic mass is 35.5. The van der Waals surface area contributed by atoms with E-state index < -0.39 is 17.7 Å². The van der Waals surface area contributed by atoms with Crippen molar-refractivity contribution in [3.63, 3.8) is 0 Å². The van der Waals surface area contributed by atoms with Gasteiger partial charge in [0.2, 0.25) is 0 Å². The number of aryl methyl sites for hydroxylation is 1. The van der Waals surface area contributed by atoms with Crippen molar-refractivity contribution in [2.75, 3.05) is 0 Å². The van der Waals surface area contributed by atoms with E-state index in [4.69, 9.17) is 11.6 Å². The topological polar surface area (TPSA) is 20.2 Å². The fourth-order valence-corrected chi connectivity index (χ4v) is 2.19. The Kier molecular flexibility index (Phi) is 4.17. The fourth-order valence-electron chi connectivity index (χ4n) is 1.99. The number of halogens is 3.